The maximum Gasteiger partial charge on any atom is 0.0805 e. The number of hydrogen-bond acceptors (Lipinski definition) is 2. The Bertz CT molecular complexity index is 63.7. The first kappa shape index (κ1) is 9.92. The molecule has 2 heteroatoms. The Balaban J connectivity index is 3.38. The Hall–Kier alpha value is -0.0800. The molecule has 10 heavy (non-hydrogen) atoms. The van der Waals surface area contributed by atoms with Crippen molar-refractivity contribution in [2.45, 2.75) is 45.8 Å². The first-order chi connectivity index (χ1) is 4.72. The molecular formula is C8H18O2. The zero-order valence-electron chi connectivity index (χ0n) is 7.13. The molecule has 0 aromatic heterocycles. The average Bonchev–Trinajstić information content (AvgIpc) is 1.89. The van der Waals surface area contributed by atoms with Crippen LogP contribution in [0.25, 0.3) is 0 Å². The highest BCUT2D eigenvalue weighted by Crippen LogP contribution is 2.04. The van der Waals surface area contributed by atoms with Crippen molar-refractivity contribution >= 4 is 0 Å². The van der Waals surface area contributed by atoms with Gasteiger partial charge in [0, 0.05) is 6.61 Å². The molecule has 0 saturated carbocycles. The minimum Gasteiger partial charge on any atom is -0.390 e. The number of rotatable bonds is 5. The van der Waals surface area contributed by atoms with Gasteiger partial charge in [-0.3, -0.25) is 0 Å². The molecule has 0 radical (unpaired) electrons. The van der Waals surface area contributed by atoms with Crippen molar-refractivity contribution in [3.05, 3.63) is 0 Å². The molecule has 0 heterocycles. The molecule has 0 aromatic carbocycles. The first-order valence-corrected chi connectivity index (χ1v) is 4.02. The van der Waals surface area contributed by atoms with Gasteiger partial charge in [0.2, 0.25) is 0 Å². The summed E-state index contributed by atoms with van der Waals surface area (Å²) < 4.78 is 5.21. The maximum atomic E-state index is 9.32. The summed E-state index contributed by atoms with van der Waals surface area (Å²) in [6.45, 7) is 6.59. The molecular weight excluding hydrogens is 128 g/mol. The van der Waals surface area contributed by atoms with E-state index in [1.165, 1.54) is 0 Å². The predicted octanol–water partition coefficient (Wildman–Crippen LogP) is 1.57. The predicted molar refractivity (Wildman–Crippen MR) is 42.0 cm³/mol. The Morgan fingerprint density at radius 2 is 2.00 bits per heavy atom. The van der Waals surface area contributed by atoms with Gasteiger partial charge in [-0.05, 0) is 20.3 Å². The summed E-state index contributed by atoms with van der Waals surface area (Å²) in [6.07, 6.45) is 1.55. The molecule has 0 aliphatic carbocycles. The normalized spacial score (nSPS) is 16.8. The van der Waals surface area contributed by atoms with Crippen LogP contribution in [-0.4, -0.2) is 23.9 Å². The second kappa shape index (κ2) is 5.69. The lowest BCUT2D eigenvalue weighted by molar-refractivity contribution is -0.0249. The lowest BCUT2D eigenvalue weighted by Crippen LogP contribution is -2.25. The highest BCUT2D eigenvalue weighted by molar-refractivity contribution is 4.62. The summed E-state index contributed by atoms with van der Waals surface area (Å²) in [7, 11) is 0. The molecule has 2 unspecified atom stereocenters. The van der Waals surface area contributed by atoms with Gasteiger partial charge < -0.3 is 9.84 Å². The Morgan fingerprint density at radius 1 is 1.40 bits per heavy atom. The largest absolute Gasteiger partial charge is 0.390 e. The summed E-state index contributed by atoms with van der Waals surface area (Å²) in [5.41, 5.74) is 0. The molecule has 0 rings (SSSR count). The number of hydrogen-bond donors (Lipinski definition) is 1. The number of aliphatic hydroxyl groups is 1. The monoisotopic (exact) mass is 146 g/mol. The maximum absolute atomic E-state index is 9.32. The minimum absolute atomic E-state index is 0.00931. The lowest BCUT2D eigenvalue weighted by Gasteiger charge is -2.17. The van der Waals surface area contributed by atoms with Crippen LogP contribution in [0.3, 0.4) is 0 Å². The van der Waals surface area contributed by atoms with Crippen LogP contribution in [0.1, 0.15) is 33.6 Å². The standard InChI is InChI=1S/C8H18O2/c1-4-6-8(9)7(3)10-5-2/h7-9H,4-6H2,1-3H3. The minimum atomic E-state index is -0.287. The van der Waals surface area contributed by atoms with Gasteiger partial charge in [0.1, 0.15) is 0 Å². The van der Waals surface area contributed by atoms with E-state index in [-0.39, 0.29) is 12.2 Å². The van der Waals surface area contributed by atoms with E-state index in [2.05, 4.69) is 6.92 Å². The van der Waals surface area contributed by atoms with Crippen molar-refractivity contribution in [1.82, 2.24) is 0 Å². The Labute approximate surface area is 63.2 Å². The molecule has 0 aliphatic heterocycles. The quantitative estimate of drug-likeness (QED) is 0.638. The third kappa shape index (κ3) is 3.85. The second-order valence-electron chi connectivity index (χ2n) is 2.52. The van der Waals surface area contributed by atoms with E-state index >= 15 is 0 Å². The van der Waals surface area contributed by atoms with E-state index in [9.17, 15) is 5.11 Å². The molecule has 0 spiro atoms. The molecule has 62 valence electrons. The van der Waals surface area contributed by atoms with Gasteiger partial charge in [-0.1, -0.05) is 13.3 Å². The summed E-state index contributed by atoms with van der Waals surface area (Å²) in [5, 5.41) is 9.32. The summed E-state index contributed by atoms with van der Waals surface area (Å²) in [6, 6.07) is 0. The SMILES string of the molecule is CCCC(O)C(C)OCC. The van der Waals surface area contributed by atoms with Crippen LogP contribution in [0.2, 0.25) is 0 Å². The smallest absolute Gasteiger partial charge is 0.0805 e. The fourth-order valence-corrected chi connectivity index (χ4v) is 0.904. The van der Waals surface area contributed by atoms with E-state index in [4.69, 9.17) is 4.74 Å². The van der Waals surface area contributed by atoms with E-state index in [0.717, 1.165) is 12.8 Å². The Morgan fingerprint density at radius 3 is 2.40 bits per heavy atom. The lowest BCUT2D eigenvalue weighted by atomic mass is 10.1. The molecule has 0 aromatic rings. The molecule has 0 fully saturated rings. The van der Waals surface area contributed by atoms with Crippen molar-refractivity contribution in [1.29, 1.82) is 0 Å². The molecule has 0 saturated heterocycles. The van der Waals surface area contributed by atoms with E-state index in [0.29, 0.717) is 6.61 Å². The number of ether oxygens (including phenoxy) is 1. The fourth-order valence-electron chi connectivity index (χ4n) is 0.904. The topological polar surface area (TPSA) is 29.5 Å². The Kier molecular flexibility index (Phi) is 5.64. The van der Waals surface area contributed by atoms with Crippen LogP contribution in [0, 0.1) is 0 Å². The highest BCUT2D eigenvalue weighted by Gasteiger charge is 2.11. The van der Waals surface area contributed by atoms with Crippen molar-refractivity contribution in [2.24, 2.45) is 0 Å². The van der Waals surface area contributed by atoms with Crippen LogP contribution in [0.15, 0.2) is 0 Å². The van der Waals surface area contributed by atoms with Crippen molar-refractivity contribution in [3.8, 4) is 0 Å². The van der Waals surface area contributed by atoms with Gasteiger partial charge in [0.15, 0.2) is 0 Å². The van der Waals surface area contributed by atoms with Gasteiger partial charge in [-0.15, -0.1) is 0 Å². The van der Waals surface area contributed by atoms with Crippen molar-refractivity contribution < 1.29 is 9.84 Å². The van der Waals surface area contributed by atoms with Gasteiger partial charge in [0.05, 0.1) is 12.2 Å². The van der Waals surface area contributed by atoms with Crippen LogP contribution in [-0.2, 0) is 4.74 Å². The molecule has 0 amide bonds. The molecule has 1 N–H and O–H groups in total. The van der Waals surface area contributed by atoms with Gasteiger partial charge in [0.25, 0.3) is 0 Å². The first-order valence-electron chi connectivity index (χ1n) is 4.02. The molecule has 0 aliphatic rings. The van der Waals surface area contributed by atoms with E-state index in [1.54, 1.807) is 0 Å². The second-order valence-corrected chi connectivity index (χ2v) is 2.52. The zero-order chi connectivity index (χ0) is 7.98. The zero-order valence-corrected chi connectivity index (χ0v) is 7.13. The average molecular weight is 146 g/mol. The summed E-state index contributed by atoms with van der Waals surface area (Å²) in [5.74, 6) is 0. The molecule has 2 nitrogen and oxygen atoms in total. The highest BCUT2D eigenvalue weighted by atomic mass is 16.5. The van der Waals surface area contributed by atoms with Crippen molar-refractivity contribution in [2.75, 3.05) is 6.61 Å². The van der Waals surface area contributed by atoms with Crippen LogP contribution < -0.4 is 0 Å². The van der Waals surface area contributed by atoms with E-state index < -0.39 is 0 Å². The van der Waals surface area contributed by atoms with Crippen LogP contribution >= 0.6 is 0 Å². The summed E-state index contributed by atoms with van der Waals surface area (Å²) in [4.78, 5) is 0. The van der Waals surface area contributed by atoms with E-state index in [1.807, 2.05) is 13.8 Å². The van der Waals surface area contributed by atoms with Crippen LogP contribution in [0.4, 0.5) is 0 Å². The molecule has 0 bridgehead atoms. The van der Waals surface area contributed by atoms with Gasteiger partial charge in [-0.2, -0.15) is 0 Å². The van der Waals surface area contributed by atoms with Gasteiger partial charge in [-0.25, -0.2) is 0 Å². The third-order valence-corrected chi connectivity index (χ3v) is 1.56. The number of aliphatic hydroxyl groups excluding tert-OH is 1. The van der Waals surface area contributed by atoms with Crippen LogP contribution in [0.5, 0.6) is 0 Å². The molecule has 2 atom stereocenters. The third-order valence-electron chi connectivity index (χ3n) is 1.56. The van der Waals surface area contributed by atoms with Crippen molar-refractivity contribution in [3.63, 3.8) is 0 Å². The van der Waals surface area contributed by atoms with Gasteiger partial charge >= 0.3 is 0 Å². The fraction of sp³-hybridized carbons (Fsp3) is 1.00. The summed E-state index contributed by atoms with van der Waals surface area (Å²) >= 11 is 0.